The number of thioether (sulfide) groups is 1. The lowest BCUT2D eigenvalue weighted by Gasteiger charge is -2.02. The molecule has 0 aliphatic carbocycles. The van der Waals surface area contributed by atoms with Gasteiger partial charge in [-0.15, -0.1) is 18.2 Å². The molecule has 0 saturated carbocycles. The first kappa shape index (κ1) is 13.1. The Morgan fingerprint density at radius 1 is 1.44 bits per heavy atom. The van der Waals surface area contributed by atoms with Gasteiger partial charge < -0.3 is 5.32 Å². The van der Waals surface area contributed by atoms with Gasteiger partial charge in [0.2, 0.25) is 5.91 Å². The van der Waals surface area contributed by atoms with Gasteiger partial charge in [0.05, 0.1) is 6.54 Å². The molecule has 0 aliphatic heterocycles. The van der Waals surface area contributed by atoms with Crippen LogP contribution in [0.5, 0.6) is 0 Å². The molecule has 1 rings (SSSR count). The first-order valence-corrected chi connectivity index (χ1v) is 6.59. The molecule has 0 saturated heterocycles. The molecule has 0 heterocycles. The Labute approximate surface area is 108 Å². The number of hydrogen-bond donors (Lipinski definition) is 1. The fraction of sp³-hybridized carbons (Fsp3) is 0.250. The summed E-state index contributed by atoms with van der Waals surface area (Å²) in [6, 6.07) is 8.02. The molecule has 0 aromatic heterocycles. The summed E-state index contributed by atoms with van der Waals surface area (Å²) in [5.74, 6) is 3.13. The van der Waals surface area contributed by atoms with Gasteiger partial charge in [-0.05, 0) is 24.3 Å². The minimum absolute atomic E-state index is 0.00237. The molecule has 1 aromatic rings. The van der Waals surface area contributed by atoms with Crippen molar-refractivity contribution in [3.8, 4) is 12.3 Å². The van der Waals surface area contributed by atoms with Crippen LogP contribution in [0, 0.1) is 12.3 Å². The van der Waals surface area contributed by atoms with Crippen molar-refractivity contribution in [1.29, 1.82) is 0 Å². The number of carbonyl (C=O) groups is 1. The molecule has 0 fully saturated rings. The molecule has 84 valence electrons. The summed E-state index contributed by atoms with van der Waals surface area (Å²) in [4.78, 5) is 12.4. The summed E-state index contributed by atoms with van der Waals surface area (Å²) in [5.41, 5.74) is 0. The lowest BCUT2D eigenvalue weighted by molar-refractivity contribution is -0.120. The zero-order chi connectivity index (χ0) is 11.8. The molecule has 0 atom stereocenters. The number of rotatable bonds is 5. The number of terminal acetylenes is 1. The highest BCUT2D eigenvalue weighted by Gasteiger charge is 2.00. The summed E-state index contributed by atoms with van der Waals surface area (Å²) in [6.07, 6.45) is 5.52. The monoisotopic (exact) mass is 297 g/mol. The standard InChI is InChI=1S/C12H12BrNOS/c1-2-8-14-12(15)7-9-16-11-5-3-10(13)4-6-11/h1,3-6H,7-9H2,(H,14,15). The summed E-state index contributed by atoms with van der Waals surface area (Å²) < 4.78 is 1.06. The van der Waals surface area contributed by atoms with Crippen LogP contribution in [0.4, 0.5) is 0 Å². The Bertz CT molecular complexity index is 383. The molecule has 0 unspecified atom stereocenters. The Kier molecular flexibility index (Phi) is 6.05. The van der Waals surface area contributed by atoms with E-state index in [1.54, 1.807) is 11.8 Å². The highest BCUT2D eigenvalue weighted by Crippen LogP contribution is 2.20. The predicted molar refractivity (Wildman–Crippen MR) is 71.3 cm³/mol. The van der Waals surface area contributed by atoms with Crippen molar-refractivity contribution in [3.05, 3.63) is 28.7 Å². The van der Waals surface area contributed by atoms with Crippen LogP contribution in [-0.4, -0.2) is 18.2 Å². The average Bonchev–Trinajstić information content (AvgIpc) is 2.29. The number of nitrogens with one attached hydrogen (secondary N) is 1. The summed E-state index contributed by atoms with van der Waals surface area (Å²) in [5, 5.41) is 2.63. The topological polar surface area (TPSA) is 29.1 Å². The third-order valence-corrected chi connectivity index (χ3v) is 3.34. The van der Waals surface area contributed by atoms with E-state index in [1.165, 1.54) is 0 Å². The van der Waals surface area contributed by atoms with Gasteiger partial charge in [-0.2, -0.15) is 0 Å². The molecule has 0 bridgehead atoms. The van der Waals surface area contributed by atoms with Crippen molar-refractivity contribution in [2.75, 3.05) is 12.3 Å². The molecule has 0 aliphatic rings. The fourth-order valence-electron chi connectivity index (χ4n) is 1.03. The lowest BCUT2D eigenvalue weighted by Crippen LogP contribution is -2.23. The fourth-order valence-corrected chi connectivity index (χ4v) is 2.15. The van der Waals surface area contributed by atoms with Crippen LogP contribution in [0.1, 0.15) is 6.42 Å². The Morgan fingerprint density at radius 2 is 2.12 bits per heavy atom. The van der Waals surface area contributed by atoms with Crippen LogP contribution in [0.15, 0.2) is 33.6 Å². The molecule has 1 N–H and O–H groups in total. The van der Waals surface area contributed by atoms with Crippen molar-refractivity contribution >= 4 is 33.6 Å². The highest BCUT2D eigenvalue weighted by atomic mass is 79.9. The first-order chi connectivity index (χ1) is 7.72. The van der Waals surface area contributed by atoms with E-state index in [4.69, 9.17) is 6.42 Å². The van der Waals surface area contributed by atoms with E-state index in [-0.39, 0.29) is 5.91 Å². The van der Waals surface area contributed by atoms with Crippen LogP contribution in [0.3, 0.4) is 0 Å². The highest BCUT2D eigenvalue weighted by molar-refractivity contribution is 9.10. The van der Waals surface area contributed by atoms with Gasteiger partial charge in [-0.25, -0.2) is 0 Å². The number of amides is 1. The second-order valence-electron chi connectivity index (χ2n) is 3.03. The maximum absolute atomic E-state index is 11.2. The predicted octanol–water partition coefficient (Wildman–Crippen LogP) is 2.68. The van der Waals surface area contributed by atoms with Gasteiger partial charge in [0, 0.05) is 21.5 Å². The van der Waals surface area contributed by atoms with Crippen LogP contribution >= 0.6 is 27.7 Å². The van der Waals surface area contributed by atoms with Gasteiger partial charge in [0.25, 0.3) is 0 Å². The Balaban J connectivity index is 2.23. The number of hydrogen-bond acceptors (Lipinski definition) is 2. The van der Waals surface area contributed by atoms with Gasteiger partial charge in [-0.3, -0.25) is 4.79 Å². The van der Waals surface area contributed by atoms with Crippen LogP contribution in [-0.2, 0) is 4.79 Å². The van der Waals surface area contributed by atoms with E-state index in [1.807, 2.05) is 24.3 Å². The Hall–Kier alpha value is -0.920. The van der Waals surface area contributed by atoms with E-state index < -0.39 is 0 Å². The van der Waals surface area contributed by atoms with Crippen molar-refractivity contribution < 1.29 is 4.79 Å². The Morgan fingerprint density at radius 3 is 2.75 bits per heavy atom. The molecule has 1 aromatic carbocycles. The molecule has 4 heteroatoms. The SMILES string of the molecule is C#CCNC(=O)CCSc1ccc(Br)cc1. The second kappa shape index (κ2) is 7.37. The molecule has 1 amide bonds. The van der Waals surface area contributed by atoms with Crippen LogP contribution < -0.4 is 5.32 Å². The molecule has 16 heavy (non-hydrogen) atoms. The molecular weight excluding hydrogens is 286 g/mol. The van der Waals surface area contributed by atoms with Gasteiger partial charge in [0.15, 0.2) is 0 Å². The van der Waals surface area contributed by atoms with Crippen molar-refractivity contribution in [3.63, 3.8) is 0 Å². The van der Waals surface area contributed by atoms with Gasteiger partial charge in [0.1, 0.15) is 0 Å². The minimum Gasteiger partial charge on any atom is -0.345 e. The van der Waals surface area contributed by atoms with E-state index >= 15 is 0 Å². The van der Waals surface area contributed by atoms with Crippen LogP contribution in [0.2, 0.25) is 0 Å². The zero-order valence-corrected chi connectivity index (χ0v) is 11.1. The minimum atomic E-state index is 0.00237. The zero-order valence-electron chi connectivity index (χ0n) is 8.70. The van der Waals surface area contributed by atoms with E-state index in [0.29, 0.717) is 13.0 Å². The first-order valence-electron chi connectivity index (χ1n) is 4.81. The molecular formula is C12H12BrNOS. The quantitative estimate of drug-likeness (QED) is 0.669. The van der Waals surface area contributed by atoms with E-state index in [9.17, 15) is 4.79 Å². The van der Waals surface area contributed by atoms with E-state index in [2.05, 4.69) is 27.2 Å². The normalized spacial score (nSPS) is 9.50. The van der Waals surface area contributed by atoms with Crippen molar-refractivity contribution in [1.82, 2.24) is 5.32 Å². The molecule has 0 radical (unpaired) electrons. The van der Waals surface area contributed by atoms with Crippen molar-refractivity contribution in [2.24, 2.45) is 0 Å². The van der Waals surface area contributed by atoms with Crippen LogP contribution in [0.25, 0.3) is 0 Å². The third kappa shape index (κ3) is 5.24. The summed E-state index contributed by atoms with van der Waals surface area (Å²) in [7, 11) is 0. The number of benzene rings is 1. The summed E-state index contributed by atoms with van der Waals surface area (Å²) in [6.45, 7) is 0.307. The second-order valence-corrected chi connectivity index (χ2v) is 5.12. The average molecular weight is 298 g/mol. The molecule has 0 spiro atoms. The van der Waals surface area contributed by atoms with Gasteiger partial charge in [-0.1, -0.05) is 21.9 Å². The summed E-state index contributed by atoms with van der Waals surface area (Å²) >= 11 is 5.03. The third-order valence-electron chi connectivity index (χ3n) is 1.80. The number of carbonyl (C=O) groups excluding carboxylic acids is 1. The van der Waals surface area contributed by atoms with Gasteiger partial charge >= 0.3 is 0 Å². The van der Waals surface area contributed by atoms with E-state index in [0.717, 1.165) is 15.1 Å². The van der Waals surface area contributed by atoms with Crippen molar-refractivity contribution in [2.45, 2.75) is 11.3 Å². The maximum Gasteiger partial charge on any atom is 0.221 e. The number of halogens is 1. The smallest absolute Gasteiger partial charge is 0.221 e. The largest absolute Gasteiger partial charge is 0.345 e. The maximum atomic E-state index is 11.2. The lowest BCUT2D eigenvalue weighted by atomic mass is 10.4. The molecule has 2 nitrogen and oxygen atoms in total.